The molecule has 0 aromatic carbocycles. The molecule has 1 fully saturated rings. The molecule has 6 nitrogen and oxygen atoms in total. The average Bonchev–Trinajstić information content (AvgIpc) is 3.01. The first-order valence-corrected chi connectivity index (χ1v) is 8.02. The Hall–Kier alpha value is -1.89. The number of hydrogen-bond acceptors (Lipinski definition) is 4. The monoisotopic (exact) mass is 323 g/mol. The van der Waals surface area contributed by atoms with Crippen LogP contribution in [-0.4, -0.2) is 35.3 Å². The summed E-state index contributed by atoms with van der Waals surface area (Å²) in [6, 6.07) is 2.59. The SMILES string of the molecule is C[C@@H](NC(=O)CN1C(=O)N[C@H](C(C)(C)C)C1=O)c1cccs1. The second kappa shape index (κ2) is 6.08. The third-order valence-corrected chi connectivity index (χ3v) is 4.60. The number of carbonyl (C=O) groups is 3. The highest BCUT2D eigenvalue weighted by Crippen LogP contribution is 2.25. The molecular weight excluding hydrogens is 302 g/mol. The van der Waals surface area contributed by atoms with Gasteiger partial charge >= 0.3 is 6.03 Å². The minimum Gasteiger partial charge on any atom is -0.347 e. The molecule has 4 amide bonds. The highest BCUT2D eigenvalue weighted by molar-refractivity contribution is 7.10. The second-order valence-corrected chi connectivity index (χ2v) is 7.46. The number of rotatable bonds is 4. The van der Waals surface area contributed by atoms with Gasteiger partial charge in [-0.2, -0.15) is 0 Å². The summed E-state index contributed by atoms with van der Waals surface area (Å²) in [4.78, 5) is 38.3. The number of carbonyl (C=O) groups excluding carboxylic acids is 3. The van der Waals surface area contributed by atoms with E-state index in [2.05, 4.69) is 10.6 Å². The molecule has 1 aromatic rings. The summed E-state index contributed by atoms with van der Waals surface area (Å²) in [7, 11) is 0. The molecule has 2 N–H and O–H groups in total. The fourth-order valence-corrected chi connectivity index (χ4v) is 3.03. The third-order valence-electron chi connectivity index (χ3n) is 3.54. The lowest BCUT2D eigenvalue weighted by Gasteiger charge is -2.24. The number of hydrogen-bond donors (Lipinski definition) is 2. The van der Waals surface area contributed by atoms with Gasteiger partial charge in [-0.25, -0.2) is 4.79 Å². The van der Waals surface area contributed by atoms with E-state index in [0.717, 1.165) is 9.78 Å². The summed E-state index contributed by atoms with van der Waals surface area (Å²) in [5.41, 5.74) is -0.387. The molecule has 0 spiro atoms. The van der Waals surface area contributed by atoms with Crippen molar-refractivity contribution in [3.8, 4) is 0 Å². The van der Waals surface area contributed by atoms with Crippen LogP contribution in [0, 0.1) is 5.41 Å². The van der Waals surface area contributed by atoms with Crippen LogP contribution in [0.4, 0.5) is 4.79 Å². The Morgan fingerprint density at radius 3 is 2.64 bits per heavy atom. The lowest BCUT2D eigenvalue weighted by molar-refractivity contribution is -0.133. The van der Waals surface area contributed by atoms with Crippen molar-refractivity contribution in [2.45, 2.75) is 39.8 Å². The number of nitrogens with one attached hydrogen (secondary N) is 2. The summed E-state index contributed by atoms with van der Waals surface area (Å²) in [6.07, 6.45) is 0. The quantitative estimate of drug-likeness (QED) is 0.831. The third kappa shape index (κ3) is 3.47. The van der Waals surface area contributed by atoms with E-state index in [4.69, 9.17) is 0 Å². The summed E-state index contributed by atoms with van der Waals surface area (Å²) in [6.45, 7) is 7.23. The number of imide groups is 1. The molecular formula is C15H21N3O3S. The van der Waals surface area contributed by atoms with E-state index in [1.54, 1.807) is 11.3 Å². The van der Waals surface area contributed by atoms with Gasteiger partial charge in [-0.15, -0.1) is 11.3 Å². The number of nitrogens with zero attached hydrogens (tertiary/aromatic N) is 1. The van der Waals surface area contributed by atoms with E-state index in [-0.39, 0.29) is 29.8 Å². The highest BCUT2D eigenvalue weighted by Gasteiger charge is 2.44. The zero-order valence-corrected chi connectivity index (χ0v) is 14.0. The summed E-state index contributed by atoms with van der Waals surface area (Å²) >= 11 is 1.55. The molecule has 2 rings (SSSR count). The van der Waals surface area contributed by atoms with Crippen LogP contribution in [0.2, 0.25) is 0 Å². The van der Waals surface area contributed by atoms with E-state index in [1.165, 1.54) is 0 Å². The second-order valence-electron chi connectivity index (χ2n) is 6.48. The van der Waals surface area contributed by atoms with Crippen LogP contribution < -0.4 is 10.6 Å². The summed E-state index contributed by atoms with van der Waals surface area (Å²) < 4.78 is 0. The topological polar surface area (TPSA) is 78.5 Å². The fraction of sp³-hybridized carbons (Fsp3) is 0.533. The molecule has 0 bridgehead atoms. The number of amides is 4. The van der Waals surface area contributed by atoms with Crippen molar-refractivity contribution >= 4 is 29.2 Å². The minimum absolute atomic E-state index is 0.147. The molecule has 2 heterocycles. The van der Waals surface area contributed by atoms with Crippen molar-refractivity contribution in [1.82, 2.24) is 15.5 Å². The summed E-state index contributed by atoms with van der Waals surface area (Å²) in [5.74, 6) is -0.699. The van der Waals surface area contributed by atoms with Gasteiger partial charge in [0, 0.05) is 4.88 Å². The fourth-order valence-electron chi connectivity index (χ4n) is 2.30. The van der Waals surface area contributed by atoms with Crippen molar-refractivity contribution in [3.05, 3.63) is 22.4 Å². The zero-order valence-electron chi connectivity index (χ0n) is 13.2. The molecule has 0 radical (unpaired) electrons. The van der Waals surface area contributed by atoms with Gasteiger partial charge in [-0.05, 0) is 23.8 Å². The standard InChI is InChI=1S/C15H21N3O3S/c1-9(10-6-5-7-22-10)16-11(19)8-18-13(20)12(15(2,3)4)17-14(18)21/h5-7,9,12H,8H2,1-4H3,(H,16,19)(H,17,21)/t9-,12+/m1/s1. The van der Waals surface area contributed by atoms with Gasteiger partial charge in [0.2, 0.25) is 5.91 Å². The number of urea groups is 1. The van der Waals surface area contributed by atoms with Crippen molar-refractivity contribution in [2.24, 2.45) is 5.41 Å². The molecule has 2 atom stereocenters. The number of thiophene rings is 1. The van der Waals surface area contributed by atoms with Gasteiger partial charge in [0.1, 0.15) is 12.6 Å². The molecule has 0 saturated carbocycles. The Bertz CT molecular complexity index is 577. The van der Waals surface area contributed by atoms with Crippen molar-refractivity contribution < 1.29 is 14.4 Å². The van der Waals surface area contributed by atoms with Crippen LogP contribution in [0.15, 0.2) is 17.5 Å². The van der Waals surface area contributed by atoms with Gasteiger partial charge < -0.3 is 10.6 Å². The predicted molar refractivity (Wildman–Crippen MR) is 84.4 cm³/mol. The van der Waals surface area contributed by atoms with Crippen LogP contribution in [0.3, 0.4) is 0 Å². The predicted octanol–water partition coefficient (Wildman–Crippen LogP) is 1.89. The molecule has 1 saturated heterocycles. The van der Waals surface area contributed by atoms with Crippen LogP contribution in [-0.2, 0) is 9.59 Å². The van der Waals surface area contributed by atoms with Crippen LogP contribution in [0.1, 0.15) is 38.6 Å². The van der Waals surface area contributed by atoms with Crippen LogP contribution >= 0.6 is 11.3 Å². The van der Waals surface area contributed by atoms with Gasteiger partial charge in [-0.1, -0.05) is 26.8 Å². The normalized spacial score (nSPS) is 20.0. The van der Waals surface area contributed by atoms with Crippen LogP contribution in [0.5, 0.6) is 0 Å². The molecule has 0 unspecified atom stereocenters. The first kappa shape index (κ1) is 16.5. The van der Waals surface area contributed by atoms with Gasteiger partial charge in [-0.3, -0.25) is 14.5 Å². The summed E-state index contributed by atoms with van der Waals surface area (Å²) in [5, 5.41) is 7.37. The maximum absolute atomic E-state index is 12.3. The molecule has 1 aliphatic heterocycles. The van der Waals surface area contributed by atoms with Crippen molar-refractivity contribution in [1.29, 1.82) is 0 Å². The first-order valence-electron chi connectivity index (χ1n) is 7.15. The molecule has 0 aliphatic carbocycles. The molecule has 22 heavy (non-hydrogen) atoms. The minimum atomic E-state index is -0.595. The molecule has 120 valence electrons. The molecule has 7 heteroatoms. The maximum atomic E-state index is 12.3. The van der Waals surface area contributed by atoms with E-state index < -0.39 is 12.1 Å². The zero-order chi connectivity index (χ0) is 16.5. The Morgan fingerprint density at radius 1 is 1.45 bits per heavy atom. The van der Waals surface area contributed by atoms with Gasteiger partial charge in [0.05, 0.1) is 6.04 Å². The van der Waals surface area contributed by atoms with Crippen molar-refractivity contribution in [3.63, 3.8) is 0 Å². The Kier molecular flexibility index (Phi) is 4.55. The Labute approximate surface area is 133 Å². The maximum Gasteiger partial charge on any atom is 0.325 e. The largest absolute Gasteiger partial charge is 0.347 e. The average molecular weight is 323 g/mol. The van der Waals surface area contributed by atoms with E-state index in [9.17, 15) is 14.4 Å². The van der Waals surface area contributed by atoms with Crippen molar-refractivity contribution in [2.75, 3.05) is 6.54 Å². The van der Waals surface area contributed by atoms with Gasteiger partial charge in [0.25, 0.3) is 5.91 Å². The smallest absolute Gasteiger partial charge is 0.325 e. The molecule has 1 aromatic heterocycles. The van der Waals surface area contributed by atoms with E-state index in [1.807, 2.05) is 45.2 Å². The van der Waals surface area contributed by atoms with Crippen LogP contribution in [0.25, 0.3) is 0 Å². The Balaban J connectivity index is 1.97. The van der Waals surface area contributed by atoms with E-state index >= 15 is 0 Å². The first-order chi connectivity index (χ1) is 10.2. The highest BCUT2D eigenvalue weighted by atomic mass is 32.1. The lowest BCUT2D eigenvalue weighted by atomic mass is 9.87. The molecule has 1 aliphatic rings. The lowest BCUT2D eigenvalue weighted by Crippen LogP contribution is -2.43. The van der Waals surface area contributed by atoms with E-state index in [0.29, 0.717) is 0 Å². The van der Waals surface area contributed by atoms with Gasteiger partial charge in [0.15, 0.2) is 0 Å². The Morgan fingerprint density at radius 2 is 2.14 bits per heavy atom.